The van der Waals surface area contributed by atoms with Gasteiger partial charge in [0.15, 0.2) is 0 Å². The Bertz CT molecular complexity index is 1640. The molecule has 0 radical (unpaired) electrons. The first-order valence-electron chi connectivity index (χ1n) is 12.5. The molecule has 1 heterocycles. The number of para-hydroxylation sites is 1. The van der Waals surface area contributed by atoms with Crippen molar-refractivity contribution in [2.24, 2.45) is 0 Å². The molecule has 0 fully saturated rings. The summed E-state index contributed by atoms with van der Waals surface area (Å²) in [5.41, 5.74) is 3.60. The molecule has 2 amide bonds. The number of nitrogens with zero attached hydrogens (tertiary/aromatic N) is 2. The van der Waals surface area contributed by atoms with Crippen LogP contribution in [0.25, 0.3) is 17.0 Å². The molecule has 1 aromatic heterocycles. The van der Waals surface area contributed by atoms with Gasteiger partial charge in [0.1, 0.15) is 17.9 Å². The van der Waals surface area contributed by atoms with E-state index >= 15 is 0 Å². The third kappa shape index (κ3) is 7.22. The molecule has 41 heavy (non-hydrogen) atoms. The van der Waals surface area contributed by atoms with Gasteiger partial charge in [0.2, 0.25) is 5.91 Å². The van der Waals surface area contributed by atoms with E-state index in [-0.39, 0.29) is 24.1 Å². The van der Waals surface area contributed by atoms with E-state index in [9.17, 15) is 14.4 Å². The van der Waals surface area contributed by atoms with Crippen LogP contribution in [0.2, 0.25) is 10.0 Å². The lowest BCUT2D eigenvalue weighted by atomic mass is 10.1. The summed E-state index contributed by atoms with van der Waals surface area (Å²) >= 11 is 13.1. The van der Waals surface area contributed by atoms with Crippen LogP contribution in [0.3, 0.4) is 0 Å². The summed E-state index contributed by atoms with van der Waals surface area (Å²) in [6.45, 7) is 1.71. The topological polar surface area (TPSA) is 97.8 Å². The standard InChI is InChI=1S/C31H27Cl2N3O5/c1-19-7-11-21-5-4-6-26(30(21)35-19)41-18-23-24(32)14-15-25(29(23)33)36(2)27(37)17-34-31(39)22-12-8-20(9-13-22)10-16-28(38)40-3/h4-16H,17-18H2,1-3H3,(H,34,39)/b16-10+. The lowest BCUT2D eigenvalue weighted by molar-refractivity contribution is -0.134. The molecule has 0 atom stereocenters. The summed E-state index contributed by atoms with van der Waals surface area (Å²) in [5.74, 6) is -0.707. The zero-order valence-corrected chi connectivity index (χ0v) is 24.1. The largest absolute Gasteiger partial charge is 0.487 e. The zero-order valence-electron chi connectivity index (χ0n) is 22.6. The summed E-state index contributed by atoms with van der Waals surface area (Å²) in [6.07, 6.45) is 2.85. The van der Waals surface area contributed by atoms with Gasteiger partial charge >= 0.3 is 5.97 Å². The fourth-order valence-corrected chi connectivity index (χ4v) is 4.56. The van der Waals surface area contributed by atoms with Crippen molar-refractivity contribution in [1.82, 2.24) is 10.3 Å². The van der Waals surface area contributed by atoms with Crippen molar-refractivity contribution in [3.05, 3.63) is 105 Å². The van der Waals surface area contributed by atoms with Crippen LogP contribution in [-0.4, -0.2) is 43.5 Å². The molecule has 10 heteroatoms. The van der Waals surface area contributed by atoms with Crippen LogP contribution in [0, 0.1) is 6.92 Å². The number of esters is 1. The van der Waals surface area contributed by atoms with Crippen LogP contribution in [0.1, 0.15) is 27.2 Å². The predicted molar refractivity (Wildman–Crippen MR) is 161 cm³/mol. The SMILES string of the molecule is COC(=O)/C=C/c1ccc(C(=O)NCC(=O)N(C)c2ccc(Cl)c(COc3cccc4ccc(C)nc34)c2Cl)cc1. The average molecular weight is 592 g/mol. The van der Waals surface area contributed by atoms with Gasteiger partial charge in [-0.25, -0.2) is 9.78 Å². The second-order valence-electron chi connectivity index (χ2n) is 9.04. The van der Waals surface area contributed by atoms with Crippen molar-refractivity contribution in [2.45, 2.75) is 13.5 Å². The number of methoxy groups -OCH3 is 1. The molecule has 0 unspecified atom stereocenters. The van der Waals surface area contributed by atoms with E-state index < -0.39 is 11.9 Å². The normalized spacial score (nSPS) is 11.0. The number of ether oxygens (including phenoxy) is 2. The number of hydrogen-bond acceptors (Lipinski definition) is 6. The Morgan fingerprint density at radius 1 is 1.00 bits per heavy atom. The van der Waals surface area contributed by atoms with Gasteiger partial charge in [-0.2, -0.15) is 0 Å². The Morgan fingerprint density at radius 3 is 2.49 bits per heavy atom. The molecular weight excluding hydrogens is 565 g/mol. The first-order chi connectivity index (χ1) is 19.7. The van der Waals surface area contributed by atoms with E-state index in [2.05, 4.69) is 15.0 Å². The number of pyridine rings is 1. The highest BCUT2D eigenvalue weighted by Gasteiger charge is 2.20. The molecule has 0 aliphatic carbocycles. The van der Waals surface area contributed by atoms with Gasteiger partial charge in [-0.1, -0.05) is 53.5 Å². The number of aromatic nitrogens is 1. The maximum atomic E-state index is 12.9. The fraction of sp³-hybridized carbons (Fsp3) is 0.161. The minimum atomic E-state index is -0.480. The van der Waals surface area contributed by atoms with E-state index in [0.29, 0.717) is 33.1 Å². The lowest BCUT2D eigenvalue weighted by Crippen LogP contribution is -2.38. The highest BCUT2D eigenvalue weighted by Crippen LogP contribution is 2.35. The van der Waals surface area contributed by atoms with Crippen LogP contribution in [0.15, 0.2) is 72.8 Å². The van der Waals surface area contributed by atoms with Gasteiger partial charge in [0.05, 0.1) is 24.4 Å². The number of likely N-dealkylation sites (N-methyl/N-ethyl adjacent to an activating group) is 1. The molecule has 0 saturated carbocycles. The summed E-state index contributed by atoms with van der Waals surface area (Å²) in [5, 5.41) is 4.22. The summed E-state index contributed by atoms with van der Waals surface area (Å²) in [4.78, 5) is 42.7. The van der Waals surface area contributed by atoms with E-state index in [1.165, 1.54) is 18.1 Å². The van der Waals surface area contributed by atoms with Crippen LogP contribution in [-0.2, 0) is 20.9 Å². The molecule has 210 valence electrons. The lowest BCUT2D eigenvalue weighted by Gasteiger charge is -2.21. The minimum absolute atomic E-state index is 0.0593. The van der Waals surface area contributed by atoms with Gasteiger partial charge in [-0.15, -0.1) is 0 Å². The Morgan fingerprint density at radius 2 is 1.76 bits per heavy atom. The molecule has 3 aromatic carbocycles. The van der Waals surface area contributed by atoms with Gasteiger partial charge in [-0.05, 0) is 55.0 Å². The predicted octanol–water partition coefficient (Wildman–Crippen LogP) is 6.01. The fourth-order valence-electron chi connectivity index (χ4n) is 3.95. The van der Waals surface area contributed by atoms with E-state index in [0.717, 1.165) is 16.6 Å². The molecule has 0 saturated heterocycles. The van der Waals surface area contributed by atoms with E-state index in [1.807, 2.05) is 37.3 Å². The molecule has 8 nitrogen and oxygen atoms in total. The van der Waals surface area contributed by atoms with Crippen molar-refractivity contribution >= 4 is 63.7 Å². The molecular formula is C31H27Cl2N3O5. The van der Waals surface area contributed by atoms with Gasteiger partial charge in [0.25, 0.3) is 5.91 Å². The number of amides is 2. The second-order valence-corrected chi connectivity index (χ2v) is 9.83. The number of hydrogen-bond donors (Lipinski definition) is 1. The number of nitrogens with one attached hydrogen (secondary N) is 1. The van der Waals surface area contributed by atoms with Gasteiger partial charge in [0, 0.05) is 40.4 Å². The summed E-state index contributed by atoms with van der Waals surface area (Å²) < 4.78 is 10.6. The summed E-state index contributed by atoms with van der Waals surface area (Å²) in [6, 6.07) is 19.4. The minimum Gasteiger partial charge on any atom is -0.487 e. The van der Waals surface area contributed by atoms with Crippen LogP contribution >= 0.6 is 23.2 Å². The number of aryl methyl sites for hydroxylation is 1. The number of rotatable bonds is 9. The number of anilines is 1. The Kier molecular flexibility index (Phi) is 9.60. The molecule has 4 aromatic rings. The van der Waals surface area contributed by atoms with E-state index in [1.54, 1.807) is 49.5 Å². The molecule has 1 N–H and O–H groups in total. The third-order valence-corrected chi connectivity index (χ3v) is 7.06. The highest BCUT2D eigenvalue weighted by molar-refractivity contribution is 6.38. The maximum Gasteiger partial charge on any atom is 0.330 e. The monoisotopic (exact) mass is 591 g/mol. The third-order valence-electron chi connectivity index (χ3n) is 6.28. The number of carbonyl (C=O) groups is 3. The number of fused-ring (bicyclic) bond motifs is 1. The average Bonchev–Trinajstić information content (AvgIpc) is 2.98. The highest BCUT2D eigenvalue weighted by atomic mass is 35.5. The number of halogens is 2. The van der Waals surface area contributed by atoms with Crippen LogP contribution < -0.4 is 15.0 Å². The van der Waals surface area contributed by atoms with Crippen molar-refractivity contribution in [2.75, 3.05) is 25.6 Å². The van der Waals surface area contributed by atoms with Crippen molar-refractivity contribution in [1.29, 1.82) is 0 Å². The number of benzene rings is 3. The smallest absolute Gasteiger partial charge is 0.330 e. The Hall–Kier alpha value is -4.40. The molecule has 0 spiro atoms. The molecule has 0 aliphatic heterocycles. The van der Waals surface area contributed by atoms with Crippen LogP contribution in [0.5, 0.6) is 5.75 Å². The Balaban J connectivity index is 1.41. The maximum absolute atomic E-state index is 12.9. The Labute approximate surface area is 247 Å². The van der Waals surface area contributed by atoms with Crippen molar-refractivity contribution < 1.29 is 23.9 Å². The van der Waals surface area contributed by atoms with Gasteiger partial charge in [-0.3, -0.25) is 9.59 Å². The van der Waals surface area contributed by atoms with Crippen molar-refractivity contribution in [3.8, 4) is 5.75 Å². The van der Waals surface area contributed by atoms with Crippen LogP contribution in [0.4, 0.5) is 5.69 Å². The second kappa shape index (κ2) is 13.3. The first kappa shape index (κ1) is 29.6. The van der Waals surface area contributed by atoms with Crippen molar-refractivity contribution in [3.63, 3.8) is 0 Å². The summed E-state index contributed by atoms with van der Waals surface area (Å²) in [7, 11) is 2.85. The first-order valence-corrected chi connectivity index (χ1v) is 13.3. The zero-order chi connectivity index (χ0) is 29.5. The quantitative estimate of drug-likeness (QED) is 0.189. The molecule has 0 bridgehead atoms. The van der Waals surface area contributed by atoms with E-state index in [4.69, 9.17) is 27.9 Å². The molecule has 0 aliphatic rings. The van der Waals surface area contributed by atoms with Gasteiger partial charge < -0.3 is 19.7 Å². The number of carbonyl (C=O) groups excluding carboxylic acids is 3. The molecule has 4 rings (SSSR count).